The number of carbonyl (C=O) groups excluding carboxylic acids is 2. The Morgan fingerprint density at radius 2 is 1.27 bits per heavy atom. The number of aromatic amines is 1. The van der Waals surface area contributed by atoms with Crippen molar-refractivity contribution in [3.05, 3.63) is 11.1 Å². The Hall–Kier alpha value is -1.78. The average Bonchev–Trinajstić information content (AvgIpc) is 2.55. The highest BCUT2D eigenvalue weighted by Crippen LogP contribution is 2.31. The molecule has 1 rings (SSSR count). The predicted octanol–water partition coefficient (Wildman–Crippen LogP) is 1.44. The molecule has 1 aromatic heterocycles. The van der Waals surface area contributed by atoms with Gasteiger partial charge in [-0.3, -0.25) is 14.6 Å². The van der Waals surface area contributed by atoms with E-state index < -0.39 is 0 Å². The maximum atomic E-state index is 11.4. The molecule has 1 N–H and O–H groups in total. The standard InChI is InChI=1S/C10H13NO4/c1-5(12)7-8(6(2)13)10(15-4)11-9(7)14-3/h11H,1-4H3. The maximum absolute atomic E-state index is 11.4. The largest absolute Gasteiger partial charge is 0.482 e. The maximum Gasteiger partial charge on any atom is 0.205 e. The van der Waals surface area contributed by atoms with E-state index in [0.717, 1.165) is 0 Å². The van der Waals surface area contributed by atoms with Crippen LogP contribution >= 0.6 is 0 Å². The fourth-order valence-corrected chi connectivity index (χ4v) is 1.43. The molecular weight excluding hydrogens is 198 g/mol. The minimum atomic E-state index is -0.239. The van der Waals surface area contributed by atoms with Crippen LogP contribution in [-0.2, 0) is 0 Å². The summed E-state index contributed by atoms with van der Waals surface area (Å²) in [5.74, 6) is 0.0299. The van der Waals surface area contributed by atoms with Gasteiger partial charge >= 0.3 is 0 Å². The lowest BCUT2D eigenvalue weighted by Crippen LogP contribution is -2.03. The van der Waals surface area contributed by atoms with Gasteiger partial charge in [-0.15, -0.1) is 0 Å². The molecule has 0 fully saturated rings. The molecule has 15 heavy (non-hydrogen) atoms. The first-order valence-corrected chi connectivity index (χ1v) is 4.38. The minimum absolute atomic E-state index is 0.238. The summed E-state index contributed by atoms with van der Waals surface area (Å²) < 4.78 is 9.94. The fraction of sp³-hybridized carbons (Fsp3) is 0.400. The number of hydrogen-bond acceptors (Lipinski definition) is 4. The average molecular weight is 211 g/mol. The molecule has 5 heteroatoms. The van der Waals surface area contributed by atoms with Crippen molar-refractivity contribution in [2.24, 2.45) is 0 Å². The van der Waals surface area contributed by atoms with Gasteiger partial charge in [-0.05, 0) is 13.8 Å². The molecule has 0 atom stereocenters. The number of methoxy groups -OCH3 is 2. The second kappa shape index (κ2) is 4.16. The smallest absolute Gasteiger partial charge is 0.205 e. The van der Waals surface area contributed by atoms with Crippen LogP contribution in [0.1, 0.15) is 34.6 Å². The quantitative estimate of drug-likeness (QED) is 0.765. The number of H-pyrrole nitrogens is 1. The molecule has 0 aliphatic heterocycles. The van der Waals surface area contributed by atoms with E-state index in [2.05, 4.69) is 4.98 Å². The first-order valence-electron chi connectivity index (χ1n) is 4.38. The molecule has 1 aromatic rings. The third-order valence-electron chi connectivity index (χ3n) is 2.04. The molecule has 0 spiro atoms. The van der Waals surface area contributed by atoms with E-state index in [1.54, 1.807) is 0 Å². The van der Waals surface area contributed by atoms with Gasteiger partial charge in [-0.1, -0.05) is 0 Å². The number of rotatable bonds is 4. The number of hydrogen-bond donors (Lipinski definition) is 1. The highest BCUT2D eigenvalue weighted by molar-refractivity contribution is 6.10. The fourth-order valence-electron chi connectivity index (χ4n) is 1.43. The summed E-state index contributed by atoms with van der Waals surface area (Å²) in [5, 5.41) is 0. The van der Waals surface area contributed by atoms with Gasteiger partial charge in [-0.25, -0.2) is 0 Å². The first-order chi connectivity index (χ1) is 7.02. The summed E-state index contributed by atoms with van der Waals surface area (Å²) in [4.78, 5) is 25.5. The van der Waals surface area contributed by atoms with E-state index in [1.807, 2.05) is 0 Å². The zero-order chi connectivity index (χ0) is 11.6. The molecule has 82 valence electrons. The zero-order valence-electron chi connectivity index (χ0n) is 9.13. The second-order valence-electron chi connectivity index (χ2n) is 3.05. The number of carbonyl (C=O) groups is 2. The zero-order valence-corrected chi connectivity index (χ0v) is 9.13. The lowest BCUT2D eigenvalue weighted by atomic mass is 10.1. The number of aromatic nitrogens is 1. The minimum Gasteiger partial charge on any atom is -0.482 e. The third-order valence-corrected chi connectivity index (χ3v) is 2.04. The number of ketones is 2. The van der Waals surface area contributed by atoms with Crippen molar-refractivity contribution >= 4 is 11.6 Å². The van der Waals surface area contributed by atoms with Gasteiger partial charge in [-0.2, -0.15) is 0 Å². The number of nitrogens with one attached hydrogen (secondary N) is 1. The van der Waals surface area contributed by atoms with Crippen molar-refractivity contribution in [3.63, 3.8) is 0 Å². The van der Waals surface area contributed by atoms with Gasteiger partial charge < -0.3 is 9.47 Å². The SMILES string of the molecule is COc1[nH]c(OC)c(C(C)=O)c1C(C)=O. The molecule has 0 saturated carbocycles. The highest BCUT2D eigenvalue weighted by Gasteiger charge is 2.25. The van der Waals surface area contributed by atoms with E-state index in [4.69, 9.17) is 9.47 Å². The van der Waals surface area contributed by atoms with Gasteiger partial charge in [0.15, 0.2) is 11.6 Å². The molecule has 5 nitrogen and oxygen atoms in total. The second-order valence-corrected chi connectivity index (χ2v) is 3.05. The van der Waals surface area contributed by atoms with Crippen molar-refractivity contribution in [3.8, 4) is 11.8 Å². The van der Waals surface area contributed by atoms with E-state index >= 15 is 0 Å². The summed E-state index contributed by atoms with van der Waals surface area (Å²) in [6, 6.07) is 0. The van der Waals surface area contributed by atoms with Crippen molar-refractivity contribution in [2.45, 2.75) is 13.8 Å². The summed E-state index contributed by atoms with van der Waals surface area (Å²) in [6.07, 6.45) is 0. The summed E-state index contributed by atoms with van der Waals surface area (Å²) in [6.45, 7) is 2.75. The Morgan fingerprint density at radius 3 is 1.47 bits per heavy atom. The monoisotopic (exact) mass is 211 g/mol. The van der Waals surface area contributed by atoms with Crippen LogP contribution in [0.4, 0.5) is 0 Å². The molecule has 0 bridgehead atoms. The number of Topliss-reactive ketones (excluding diaryl/α,β-unsaturated/α-hetero) is 2. The summed E-state index contributed by atoms with van der Waals surface area (Å²) in [7, 11) is 2.84. The molecule has 0 aromatic carbocycles. The summed E-state index contributed by atoms with van der Waals surface area (Å²) >= 11 is 0. The molecule has 0 radical (unpaired) electrons. The molecular formula is C10H13NO4. The van der Waals surface area contributed by atoms with Crippen molar-refractivity contribution in [1.29, 1.82) is 0 Å². The van der Waals surface area contributed by atoms with Crippen LogP contribution in [0.3, 0.4) is 0 Å². The van der Waals surface area contributed by atoms with Gasteiger partial charge in [0.05, 0.1) is 25.3 Å². The molecule has 0 aliphatic rings. The predicted molar refractivity (Wildman–Crippen MR) is 53.9 cm³/mol. The first kappa shape index (κ1) is 11.3. The Bertz CT molecular complexity index is 369. The van der Waals surface area contributed by atoms with Gasteiger partial charge in [0.25, 0.3) is 0 Å². The van der Waals surface area contributed by atoms with Crippen LogP contribution in [0.15, 0.2) is 0 Å². The van der Waals surface area contributed by atoms with Crippen molar-refractivity contribution in [2.75, 3.05) is 14.2 Å². The molecule has 1 heterocycles. The topological polar surface area (TPSA) is 68.4 Å². The van der Waals surface area contributed by atoms with E-state index in [-0.39, 0.29) is 34.5 Å². The van der Waals surface area contributed by atoms with Gasteiger partial charge in [0, 0.05) is 0 Å². The third kappa shape index (κ3) is 1.86. The van der Waals surface area contributed by atoms with Crippen LogP contribution < -0.4 is 9.47 Å². The Balaban J connectivity index is 3.48. The molecule has 0 amide bonds. The van der Waals surface area contributed by atoms with Crippen LogP contribution in [-0.4, -0.2) is 30.8 Å². The Morgan fingerprint density at radius 1 is 0.933 bits per heavy atom. The molecule has 0 saturated heterocycles. The van der Waals surface area contributed by atoms with E-state index in [1.165, 1.54) is 28.1 Å². The van der Waals surface area contributed by atoms with Crippen LogP contribution in [0.25, 0.3) is 0 Å². The van der Waals surface area contributed by atoms with Crippen molar-refractivity contribution < 1.29 is 19.1 Å². The lowest BCUT2D eigenvalue weighted by Gasteiger charge is -1.99. The summed E-state index contributed by atoms with van der Waals surface area (Å²) in [5.41, 5.74) is 0.476. The van der Waals surface area contributed by atoms with E-state index in [0.29, 0.717) is 0 Å². The number of ether oxygens (including phenoxy) is 2. The highest BCUT2D eigenvalue weighted by atomic mass is 16.5. The van der Waals surface area contributed by atoms with Crippen molar-refractivity contribution in [1.82, 2.24) is 4.98 Å². The molecule has 0 aliphatic carbocycles. The Labute approximate surface area is 87.4 Å². The lowest BCUT2D eigenvalue weighted by molar-refractivity contribution is 0.0977. The van der Waals surface area contributed by atoms with Gasteiger partial charge in [0.1, 0.15) is 0 Å². The van der Waals surface area contributed by atoms with Crippen LogP contribution in [0.2, 0.25) is 0 Å². The van der Waals surface area contributed by atoms with E-state index in [9.17, 15) is 9.59 Å². The normalized spacial score (nSPS) is 9.87. The molecule has 0 unspecified atom stereocenters. The Kier molecular flexibility index (Phi) is 3.14. The van der Waals surface area contributed by atoms with Gasteiger partial charge in [0.2, 0.25) is 11.8 Å². The van der Waals surface area contributed by atoms with Crippen LogP contribution in [0.5, 0.6) is 11.8 Å². The van der Waals surface area contributed by atoms with Crippen LogP contribution in [0, 0.1) is 0 Å².